The van der Waals surface area contributed by atoms with Crippen LogP contribution in [0, 0.1) is 6.92 Å². The van der Waals surface area contributed by atoms with E-state index < -0.39 is 6.03 Å². The Balaban J connectivity index is 2.09. The van der Waals surface area contributed by atoms with Crippen LogP contribution in [0.15, 0.2) is 23.1 Å². The summed E-state index contributed by atoms with van der Waals surface area (Å²) in [5.74, 6) is 0. The van der Waals surface area contributed by atoms with Gasteiger partial charge in [0.05, 0.1) is 18.3 Å². The van der Waals surface area contributed by atoms with Crippen molar-refractivity contribution in [3.8, 4) is 0 Å². The molecule has 1 aromatic rings. The second kappa shape index (κ2) is 4.38. The van der Waals surface area contributed by atoms with Crippen molar-refractivity contribution in [3.05, 3.63) is 23.8 Å². The van der Waals surface area contributed by atoms with Crippen LogP contribution in [0.1, 0.15) is 12.5 Å². The summed E-state index contributed by atoms with van der Waals surface area (Å²) >= 11 is 7.26. The Kier molecular flexibility index (Phi) is 2.94. The first-order chi connectivity index (χ1) is 8.99. The van der Waals surface area contributed by atoms with Crippen molar-refractivity contribution in [1.29, 1.82) is 0 Å². The maximum atomic E-state index is 11.5. The van der Waals surface area contributed by atoms with Gasteiger partial charge in [-0.05, 0) is 36.8 Å². The SMILES string of the molecule is Cc1ccc2c(c1)N1C(=S)N(C(N)=O)CC1C(C)S2. The summed E-state index contributed by atoms with van der Waals surface area (Å²) in [6.07, 6.45) is 0. The van der Waals surface area contributed by atoms with Gasteiger partial charge in [0, 0.05) is 10.1 Å². The maximum absolute atomic E-state index is 11.5. The molecule has 0 bridgehead atoms. The lowest BCUT2D eigenvalue weighted by atomic mass is 10.1. The van der Waals surface area contributed by atoms with Gasteiger partial charge in [-0.1, -0.05) is 13.0 Å². The van der Waals surface area contributed by atoms with Crippen molar-refractivity contribution in [2.45, 2.75) is 30.0 Å². The highest BCUT2D eigenvalue weighted by atomic mass is 32.2. The van der Waals surface area contributed by atoms with Gasteiger partial charge in [-0.3, -0.25) is 4.90 Å². The number of nitrogens with two attached hydrogens (primary N) is 1. The standard InChI is InChI=1S/C13H15N3OS2/c1-7-3-4-11-9(5-7)16-10(8(2)19-11)6-15(12(14)17)13(16)18/h3-5,8,10H,6H2,1-2H3,(H2,14,17). The molecule has 2 amide bonds. The minimum Gasteiger partial charge on any atom is -0.351 e. The third-order valence-electron chi connectivity index (χ3n) is 3.63. The molecule has 1 saturated heterocycles. The zero-order valence-corrected chi connectivity index (χ0v) is 12.4. The van der Waals surface area contributed by atoms with Crippen molar-refractivity contribution in [3.63, 3.8) is 0 Å². The zero-order valence-electron chi connectivity index (χ0n) is 10.8. The van der Waals surface area contributed by atoms with Crippen LogP contribution in [-0.2, 0) is 0 Å². The molecule has 6 heteroatoms. The van der Waals surface area contributed by atoms with Gasteiger partial charge in [-0.2, -0.15) is 0 Å². The number of hydrogen-bond donors (Lipinski definition) is 1. The minimum absolute atomic E-state index is 0.208. The van der Waals surface area contributed by atoms with E-state index in [0.29, 0.717) is 16.9 Å². The monoisotopic (exact) mass is 293 g/mol. The predicted molar refractivity (Wildman–Crippen MR) is 81.7 cm³/mol. The number of carbonyl (C=O) groups excluding carboxylic acids is 1. The van der Waals surface area contributed by atoms with Crippen LogP contribution in [0.2, 0.25) is 0 Å². The Bertz CT molecular complexity index is 575. The summed E-state index contributed by atoms with van der Waals surface area (Å²) in [5, 5.41) is 0.897. The van der Waals surface area contributed by atoms with E-state index in [2.05, 4.69) is 36.9 Å². The van der Waals surface area contributed by atoms with Crippen LogP contribution in [0.25, 0.3) is 0 Å². The molecule has 4 nitrogen and oxygen atoms in total. The van der Waals surface area contributed by atoms with E-state index in [9.17, 15) is 4.79 Å². The number of primary amides is 1. The first kappa shape index (κ1) is 12.7. The molecule has 2 atom stereocenters. The number of rotatable bonds is 0. The Morgan fingerprint density at radius 2 is 2.26 bits per heavy atom. The predicted octanol–water partition coefficient (Wildman–Crippen LogP) is 2.34. The molecular formula is C13H15N3OS2. The highest BCUT2D eigenvalue weighted by molar-refractivity contribution is 8.00. The first-order valence-corrected chi connectivity index (χ1v) is 7.45. The number of amides is 2. The molecule has 2 N–H and O–H groups in total. The molecule has 100 valence electrons. The Labute approximate surface area is 121 Å². The van der Waals surface area contributed by atoms with Gasteiger partial charge in [-0.15, -0.1) is 11.8 Å². The number of nitrogens with zero attached hydrogens (tertiary/aromatic N) is 2. The molecule has 2 aliphatic heterocycles. The van der Waals surface area contributed by atoms with Crippen molar-refractivity contribution >= 4 is 40.8 Å². The van der Waals surface area contributed by atoms with E-state index in [4.69, 9.17) is 18.0 Å². The molecule has 2 heterocycles. The number of thiocarbonyl (C=S) groups is 1. The average molecular weight is 293 g/mol. The third-order valence-corrected chi connectivity index (χ3v) is 5.34. The summed E-state index contributed by atoms with van der Waals surface area (Å²) in [7, 11) is 0. The Morgan fingerprint density at radius 1 is 1.53 bits per heavy atom. The summed E-state index contributed by atoms with van der Waals surface area (Å²) < 4.78 is 0. The van der Waals surface area contributed by atoms with Gasteiger partial charge in [0.1, 0.15) is 0 Å². The lowest BCUT2D eigenvalue weighted by molar-refractivity contribution is 0.232. The molecular weight excluding hydrogens is 278 g/mol. The van der Waals surface area contributed by atoms with E-state index >= 15 is 0 Å². The second-order valence-corrected chi connectivity index (χ2v) is 6.75. The molecule has 0 saturated carbocycles. The molecule has 0 spiro atoms. The quantitative estimate of drug-likeness (QED) is 0.746. The normalized spacial score (nSPS) is 25.3. The van der Waals surface area contributed by atoms with Gasteiger partial charge in [-0.25, -0.2) is 4.79 Å². The number of carbonyl (C=O) groups is 1. The van der Waals surface area contributed by atoms with Crippen LogP contribution < -0.4 is 10.6 Å². The summed E-state index contributed by atoms with van der Waals surface area (Å²) in [6.45, 7) is 4.80. The molecule has 0 radical (unpaired) electrons. The molecule has 0 aliphatic carbocycles. The van der Waals surface area contributed by atoms with Crippen molar-refractivity contribution < 1.29 is 4.79 Å². The second-order valence-electron chi connectivity index (χ2n) is 4.96. The molecule has 1 fully saturated rings. The van der Waals surface area contributed by atoms with E-state index in [1.54, 1.807) is 0 Å². The fourth-order valence-corrected chi connectivity index (χ4v) is 4.23. The largest absolute Gasteiger partial charge is 0.351 e. The van der Waals surface area contributed by atoms with Gasteiger partial charge < -0.3 is 10.6 Å². The van der Waals surface area contributed by atoms with E-state index in [1.165, 1.54) is 15.4 Å². The van der Waals surface area contributed by atoms with Crippen molar-refractivity contribution in [2.75, 3.05) is 11.4 Å². The van der Waals surface area contributed by atoms with Crippen molar-refractivity contribution in [1.82, 2.24) is 4.90 Å². The lowest BCUT2D eigenvalue weighted by Gasteiger charge is -2.35. The van der Waals surface area contributed by atoms with Crippen molar-refractivity contribution in [2.24, 2.45) is 5.73 Å². The van der Waals surface area contributed by atoms with Gasteiger partial charge in [0.25, 0.3) is 0 Å². The van der Waals surface area contributed by atoms with Gasteiger partial charge in [0.2, 0.25) is 0 Å². The molecule has 19 heavy (non-hydrogen) atoms. The Morgan fingerprint density at radius 3 is 2.95 bits per heavy atom. The van der Waals surface area contributed by atoms with Crippen LogP contribution in [0.4, 0.5) is 10.5 Å². The van der Waals surface area contributed by atoms with E-state index in [-0.39, 0.29) is 6.04 Å². The van der Waals surface area contributed by atoms with Gasteiger partial charge in [0.15, 0.2) is 5.11 Å². The van der Waals surface area contributed by atoms with Gasteiger partial charge >= 0.3 is 6.03 Å². The summed E-state index contributed by atoms with van der Waals surface area (Å²) in [5.41, 5.74) is 7.69. The average Bonchev–Trinajstić information content (AvgIpc) is 2.69. The number of urea groups is 1. The molecule has 1 aromatic carbocycles. The van der Waals surface area contributed by atoms with E-state index in [1.807, 2.05) is 11.8 Å². The first-order valence-electron chi connectivity index (χ1n) is 6.16. The van der Waals surface area contributed by atoms with Crippen LogP contribution in [0.3, 0.4) is 0 Å². The molecule has 2 unspecified atom stereocenters. The number of anilines is 1. The maximum Gasteiger partial charge on any atom is 0.321 e. The number of hydrogen-bond acceptors (Lipinski definition) is 3. The summed E-state index contributed by atoms with van der Waals surface area (Å²) in [6, 6.07) is 6.09. The molecule has 0 aromatic heterocycles. The third kappa shape index (κ3) is 1.90. The Hall–Kier alpha value is -1.27. The highest BCUT2D eigenvalue weighted by Crippen LogP contribution is 2.44. The number of aryl methyl sites for hydroxylation is 1. The van der Waals surface area contributed by atoms with E-state index in [0.717, 1.165) is 5.69 Å². The molecule has 3 rings (SSSR count). The molecule has 2 aliphatic rings. The zero-order chi connectivity index (χ0) is 13.7. The number of thioether (sulfide) groups is 1. The topological polar surface area (TPSA) is 49.6 Å². The summed E-state index contributed by atoms with van der Waals surface area (Å²) in [4.78, 5) is 16.3. The number of fused-ring (bicyclic) bond motifs is 3. The fourth-order valence-electron chi connectivity index (χ4n) is 2.64. The van der Waals surface area contributed by atoms with Crippen LogP contribution in [-0.4, -0.2) is 33.9 Å². The van der Waals surface area contributed by atoms with Crippen LogP contribution in [0.5, 0.6) is 0 Å². The fraction of sp³-hybridized carbons (Fsp3) is 0.385. The van der Waals surface area contributed by atoms with Crippen LogP contribution >= 0.6 is 24.0 Å². The lowest BCUT2D eigenvalue weighted by Crippen LogP contribution is -2.43. The smallest absolute Gasteiger partial charge is 0.321 e. The number of benzene rings is 1. The highest BCUT2D eigenvalue weighted by Gasteiger charge is 2.44. The minimum atomic E-state index is -0.467.